The molecule has 4 nitrogen and oxygen atoms in total. The van der Waals surface area contributed by atoms with Gasteiger partial charge in [-0.15, -0.1) is 12.6 Å². The summed E-state index contributed by atoms with van der Waals surface area (Å²) in [5, 5.41) is 12.0. The summed E-state index contributed by atoms with van der Waals surface area (Å²) in [7, 11) is 3.30. The molecule has 0 unspecified atom stereocenters. The minimum atomic E-state index is 0.745. The summed E-state index contributed by atoms with van der Waals surface area (Å²) < 4.78 is 10.7. The van der Waals surface area contributed by atoms with Gasteiger partial charge in [-0.3, -0.25) is 0 Å². The number of hydrogen-bond acceptors (Lipinski definition) is 5. The average Bonchev–Trinajstić information content (AvgIpc) is 2.50. The lowest BCUT2D eigenvalue weighted by Crippen LogP contribution is -1.92. The minimum Gasteiger partial charge on any atom is -0.496 e. The fraction of sp³-hybridized carbons (Fsp3) is 0.200. The lowest BCUT2D eigenvalue weighted by Gasteiger charge is -2.13. The maximum atomic E-state index is 6.00. The Labute approximate surface area is 124 Å². The van der Waals surface area contributed by atoms with Crippen LogP contribution in [0.3, 0.4) is 0 Å². The number of rotatable bonds is 3. The number of hydrogen-bond donors (Lipinski definition) is 1. The van der Waals surface area contributed by atoms with E-state index in [-0.39, 0.29) is 0 Å². The SMILES string of the molecule is COc1cc(-c2ccc(C)cc2)c(OC)cc1S.N#N. The summed E-state index contributed by atoms with van der Waals surface area (Å²) >= 11 is 4.37. The molecule has 0 bridgehead atoms. The molecule has 0 N–H and O–H groups in total. The van der Waals surface area contributed by atoms with Crippen molar-refractivity contribution in [1.29, 1.82) is 10.8 Å². The highest BCUT2D eigenvalue weighted by Gasteiger charge is 2.10. The van der Waals surface area contributed by atoms with Crippen molar-refractivity contribution in [3.8, 4) is 22.6 Å². The summed E-state index contributed by atoms with van der Waals surface area (Å²) in [5.41, 5.74) is 3.34. The predicted octanol–water partition coefficient (Wildman–Crippen LogP) is 4.00. The third-order valence-electron chi connectivity index (χ3n) is 2.86. The molecule has 0 atom stereocenters. The van der Waals surface area contributed by atoms with Crippen molar-refractivity contribution in [3.05, 3.63) is 42.0 Å². The largest absolute Gasteiger partial charge is 0.496 e. The first kappa shape index (κ1) is 15.9. The van der Waals surface area contributed by atoms with Crippen molar-refractivity contribution in [2.24, 2.45) is 0 Å². The lowest BCUT2D eigenvalue weighted by molar-refractivity contribution is 0.395. The van der Waals surface area contributed by atoms with Crippen LogP contribution in [0, 0.1) is 17.7 Å². The predicted molar refractivity (Wildman–Crippen MR) is 80.4 cm³/mol. The molecular formula is C15H16N2O2S. The number of benzene rings is 2. The zero-order chi connectivity index (χ0) is 15.1. The van der Waals surface area contributed by atoms with Gasteiger partial charge in [0.25, 0.3) is 0 Å². The maximum Gasteiger partial charge on any atom is 0.133 e. The van der Waals surface area contributed by atoms with Crippen LogP contribution in [0.1, 0.15) is 5.56 Å². The van der Waals surface area contributed by atoms with E-state index < -0.39 is 0 Å². The summed E-state index contributed by atoms with van der Waals surface area (Å²) in [5.74, 6) is 1.54. The van der Waals surface area contributed by atoms with Gasteiger partial charge in [0.2, 0.25) is 0 Å². The highest BCUT2D eigenvalue weighted by atomic mass is 32.1. The molecule has 0 spiro atoms. The van der Waals surface area contributed by atoms with Gasteiger partial charge in [-0.25, -0.2) is 0 Å². The Morgan fingerprint density at radius 2 is 1.45 bits per heavy atom. The molecule has 20 heavy (non-hydrogen) atoms. The molecule has 0 radical (unpaired) electrons. The molecule has 2 aromatic rings. The molecule has 0 aromatic heterocycles. The van der Waals surface area contributed by atoms with Crippen molar-refractivity contribution in [2.45, 2.75) is 11.8 Å². The van der Waals surface area contributed by atoms with E-state index in [9.17, 15) is 0 Å². The van der Waals surface area contributed by atoms with Gasteiger partial charge in [-0.2, -0.15) is 0 Å². The first-order chi connectivity index (χ1) is 9.65. The van der Waals surface area contributed by atoms with Gasteiger partial charge >= 0.3 is 0 Å². The summed E-state index contributed by atoms with van der Waals surface area (Å²) in [6, 6.07) is 12.1. The first-order valence-electron chi connectivity index (χ1n) is 5.87. The van der Waals surface area contributed by atoms with Crippen LogP contribution in [0.4, 0.5) is 0 Å². The third kappa shape index (κ3) is 3.43. The quantitative estimate of drug-likeness (QED) is 0.685. The van der Waals surface area contributed by atoms with Crippen molar-refractivity contribution >= 4 is 12.6 Å². The molecule has 0 fully saturated rings. The molecule has 5 heteroatoms. The Morgan fingerprint density at radius 1 is 0.900 bits per heavy atom. The van der Waals surface area contributed by atoms with E-state index in [4.69, 9.17) is 20.3 Å². The minimum absolute atomic E-state index is 0.745. The zero-order valence-corrected chi connectivity index (χ0v) is 12.5. The number of thiol groups is 1. The Morgan fingerprint density at radius 3 is 1.95 bits per heavy atom. The van der Waals surface area contributed by atoms with Crippen LogP contribution < -0.4 is 9.47 Å². The van der Waals surface area contributed by atoms with Crippen LogP contribution in [-0.2, 0) is 0 Å². The summed E-state index contributed by atoms with van der Waals surface area (Å²) in [6.45, 7) is 2.07. The monoisotopic (exact) mass is 288 g/mol. The topological polar surface area (TPSA) is 66.0 Å². The van der Waals surface area contributed by atoms with Gasteiger partial charge < -0.3 is 9.47 Å². The van der Waals surface area contributed by atoms with Crippen LogP contribution in [-0.4, -0.2) is 14.2 Å². The highest BCUT2D eigenvalue weighted by Crippen LogP contribution is 2.37. The normalized spacial score (nSPS) is 9.30. The fourth-order valence-corrected chi connectivity index (χ4v) is 2.11. The van der Waals surface area contributed by atoms with Gasteiger partial charge in [0, 0.05) is 21.2 Å². The van der Waals surface area contributed by atoms with Crippen molar-refractivity contribution < 1.29 is 9.47 Å². The van der Waals surface area contributed by atoms with Crippen LogP contribution in [0.2, 0.25) is 0 Å². The second-order valence-corrected chi connectivity index (χ2v) is 4.57. The van der Waals surface area contributed by atoms with Crippen LogP contribution in [0.15, 0.2) is 41.3 Å². The van der Waals surface area contributed by atoms with Crippen LogP contribution >= 0.6 is 12.6 Å². The Balaban J connectivity index is 0.000000956. The van der Waals surface area contributed by atoms with E-state index in [1.165, 1.54) is 5.56 Å². The molecule has 0 heterocycles. The van der Waals surface area contributed by atoms with Crippen LogP contribution in [0.25, 0.3) is 11.1 Å². The molecule has 0 aliphatic carbocycles. The van der Waals surface area contributed by atoms with E-state index in [0.29, 0.717) is 0 Å². The summed E-state index contributed by atoms with van der Waals surface area (Å²) in [4.78, 5) is 0.769. The highest BCUT2D eigenvalue weighted by molar-refractivity contribution is 7.80. The molecule has 2 rings (SSSR count). The van der Waals surface area contributed by atoms with Crippen molar-refractivity contribution in [3.63, 3.8) is 0 Å². The second kappa shape index (κ2) is 7.41. The van der Waals surface area contributed by atoms with E-state index in [0.717, 1.165) is 27.5 Å². The van der Waals surface area contributed by atoms with Gasteiger partial charge in [-0.1, -0.05) is 29.8 Å². The van der Waals surface area contributed by atoms with Gasteiger partial charge in [-0.05, 0) is 24.6 Å². The second-order valence-electron chi connectivity index (χ2n) is 4.09. The Bertz CT molecular complexity index is 595. The molecule has 2 aromatic carbocycles. The van der Waals surface area contributed by atoms with E-state index in [1.807, 2.05) is 12.1 Å². The smallest absolute Gasteiger partial charge is 0.133 e. The fourth-order valence-electron chi connectivity index (χ4n) is 1.84. The van der Waals surface area contributed by atoms with E-state index >= 15 is 0 Å². The van der Waals surface area contributed by atoms with Gasteiger partial charge in [0.15, 0.2) is 0 Å². The van der Waals surface area contributed by atoms with E-state index in [2.05, 4.69) is 43.8 Å². The molecule has 0 aliphatic heterocycles. The molecule has 0 saturated heterocycles. The first-order valence-corrected chi connectivity index (χ1v) is 6.32. The number of methoxy groups -OCH3 is 2. The van der Waals surface area contributed by atoms with Crippen LogP contribution in [0.5, 0.6) is 11.5 Å². The zero-order valence-electron chi connectivity index (χ0n) is 11.6. The van der Waals surface area contributed by atoms with Gasteiger partial charge in [0.05, 0.1) is 14.2 Å². The number of aryl methyl sites for hydroxylation is 1. The lowest BCUT2D eigenvalue weighted by atomic mass is 10.0. The molecule has 0 aliphatic rings. The average molecular weight is 288 g/mol. The summed E-state index contributed by atoms with van der Waals surface area (Å²) in [6.07, 6.45) is 0. The Hall–Kier alpha value is -2.19. The molecule has 104 valence electrons. The molecule has 0 saturated carbocycles. The van der Waals surface area contributed by atoms with Crippen molar-refractivity contribution in [1.82, 2.24) is 0 Å². The van der Waals surface area contributed by atoms with E-state index in [1.54, 1.807) is 14.2 Å². The maximum absolute atomic E-state index is 6.00. The number of ether oxygens (including phenoxy) is 2. The van der Waals surface area contributed by atoms with Crippen molar-refractivity contribution in [2.75, 3.05) is 14.2 Å². The Kier molecular flexibility index (Phi) is 5.88. The molecular weight excluding hydrogens is 272 g/mol. The number of nitrogens with zero attached hydrogens (tertiary/aromatic N) is 2. The standard InChI is InChI=1S/C15H16O2S.N2/c1-10-4-6-11(7-5-10)12-8-14(17-3)15(18)9-13(12)16-2;1-2/h4-9,18H,1-3H3;. The third-order valence-corrected chi connectivity index (χ3v) is 3.21. The molecule has 0 amide bonds. The van der Waals surface area contributed by atoms with Gasteiger partial charge in [0.1, 0.15) is 11.5 Å².